The van der Waals surface area contributed by atoms with E-state index in [4.69, 9.17) is 33.2 Å². The fraction of sp³-hybridized carbons (Fsp3) is 0.393. The minimum absolute atomic E-state index is 0.0628. The van der Waals surface area contributed by atoms with Crippen LogP contribution in [0.4, 0.5) is 0 Å². The normalized spacial score (nSPS) is 25.5. The van der Waals surface area contributed by atoms with Crippen molar-refractivity contribution in [3.63, 3.8) is 0 Å². The van der Waals surface area contributed by atoms with Gasteiger partial charge in [-0.15, -0.1) is 0 Å². The van der Waals surface area contributed by atoms with Crippen molar-refractivity contribution < 1.29 is 57.1 Å². The molecule has 2 aliphatic heterocycles. The van der Waals surface area contributed by atoms with Crippen LogP contribution in [-0.4, -0.2) is 74.1 Å². The van der Waals surface area contributed by atoms with E-state index in [-0.39, 0.29) is 35.2 Å². The number of benzene rings is 2. The molecule has 0 unspecified atom stereocenters. The lowest BCUT2D eigenvalue weighted by Gasteiger charge is -2.50. The van der Waals surface area contributed by atoms with Crippen LogP contribution in [0.3, 0.4) is 0 Å². The van der Waals surface area contributed by atoms with E-state index < -0.39 is 66.2 Å². The van der Waals surface area contributed by atoms with Crippen molar-refractivity contribution in [3.05, 3.63) is 53.1 Å². The van der Waals surface area contributed by atoms with Crippen molar-refractivity contribution in [1.82, 2.24) is 5.32 Å². The number of carbonyl (C=O) groups is 5. The van der Waals surface area contributed by atoms with Crippen LogP contribution < -0.4 is 19.5 Å². The summed E-state index contributed by atoms with van der Waals surface area (Å²) in [5.41, 5.74) is 0.550. The van der Waals surface area contributed by atoms with Gasteiger partial charge in [0.2, 0.25) is 12.5 Å². The highest BCUT2D eigenvalue weighted by molar-refractivity contribution is 6.02. The van der Waals surface area contributed by atoms with Crippen LogP contribution >= 0.6 is 0 Å². The van der Waals surface area contributed by atoms with E-state index in [9.17, 15) is 24.0 Å². The lowest BCUT2D eigenvalue weighted by atomic mass is 9.69. The molecule has 0 spiro atoms. The highest BCUT2D eigenvalue weighted by Crippen LogP contribution is 2.52. The average Bonchev–Trinajstić information content (AvgIpc) is 3.39. The summed E-state index contributed by atoms with van der Waals surface area (Å²) in [7, 11) is 1.35. The molecule has 3 aliphatic rings. The Morgan fingerprint density at radius 3 is 2.05 bits per heavy atom. The van der Waals surface area contributed by atoms with Crippen molar-refractivity contribution in [1.29, 1.82) is 0 Å². The molecular formula is C28H27NO12. The third-order valence-electron chi connectivity index (χ3n) is 6.96. The molecule has 0 saturated heterocycles. The quantitative estimate of drug-likeness (QED) is 0.396. The summed E-state index contributed by atoms with van der Waals surface area (Å²) < 4.78 is 39.4. The van der Waals surface area contributed by atoms with Crippen LogP contribution in [0, 0.1) is 0 Å². The maximum absolute atomic E-state index is 13.6. The molecule has 1 aliphatic carbocycles. The van der Waals surface area contributed by atoms with Crippen molar-refractivity contribution in [3.8, 4) is 17.2 Å². The van der Waals surface area contributed by atoms with Gasteiger partial charge in [-0.3, -0.25) is 19.2 Å². The Morgan fingerprint density at radius 1 is 0.829 bits per heavy atom. The molecule has 41 heavy (non-hydrogen) atoms. The van der Waals surface area contributed by atoms with Gasteiger partial charge in [0, 0.05) is 20.8 Å². The van der Waals surface area contributed by atoms with Crippen molar-refractivity contribution in [2.75, 3.05) is 13.9 Å². The lowest BCUT2D eigenvalue weighted by molar-refractivity contribution is -0.211. The van der Waals surface area contributed by atoms with E-state index in [0.717, 1.165) is 20.8 Å². The van der Waals surface area contributed by atoms with Crippen LogP contribution in [0.5, 0.6) is 17.2 Å². The Morgan fingerprint density at radius 2 is 1.44 bits per heavy atom. The average molecular weight is 570 g/mol. The summed E-state index contributed by atoms with van der Waals surface area (Å²) >= 11 is 0. The van der Waals surface area contributed by atoms with Gasteiger partial charge < -0.3 is 38.5 Å². The first kappa shape index (κ1) is 27.7. The summed E-state index contributed by atoms with van der Waals surface area (Å²) in [5, 5.41) is 2.80. The summed E-state index contributed by atoms with van der Waals surface area (Å²) in [4.78, 5) is 63.8. The molecule has 5 rings (SSSR count). The number of nitrogens with one attached hydrogen (secondary N) is 1. The third kappa shape index (κ3) is 5.10. The second-order valence-corrected chi connectivity index (χ2v) is 9.59. The number of hydrogen-bond donors (Lipinski definition) is 1. The Labute approximate surface area is 233 Å². The maximum atomic E-state index is 13.6. The smallest absolute Gasteiger partial charge is 0.338 e. The summed E-state index contributed by atoms with van der Waals surface area (Å²) in [6, 6.07) is 8.51. The molecule has 1 N–H and O–H groups in total. The van der Waals surface area contributed by atoms with Gasteiger partial charge in [0.25, 0.3) is 5.91 Å². The Balaban J connectivity index is 1.73. The molecule has 2 aromatic carbocycles. The monoisotopic (exact) mass is 569 g/mol. The predicted molar refractivity (Wildman–Crippen MR) is 135 cm³/mol. The summed E-state index contributed by atoms with van der Waals surface area (Å²) in [6.45, 7) is 3.26. The molecule has 2 aromatic rings. The zero-order chi connectivity index (χ0) is 29.4. The lowest BCUT2D eigenvalue weighted by Crippen LogP contribution is -2.69. The summed E-state index contributed by atoms with van der Waals surface area (Å²) in [6.07, 6.45) is -5.59. The molecule has 13 nitrogen and oxygen atoms in total. The minimum Gasteiger partial charge on any atom is -0.492 e. The first-order valence-corrected chi connectivity index (χ1v) is 12.7. The van der Waals surface area contributed by atoms with Crippen LogP contribution in [0.15, 0.2) is 36.4 Å². The highest BCUT2D eigenvalue weighted by atomic mass is 16.7. The largest absolute Gasteiger partial charge is 0.492 e. The number of ether oxygens (including phenoxy) is 7. The number of esters is 4. The van der Waals surface area contributed by atoms with Crippen LogP contribution in [0.1, 0.15) is 53.0 Å². The van der Waals surface area contributed by atoms with E-state index >= 15 is 0 Å². The topological polar surface area (TPSA) is 162 Å². The van der Waals surface area contributed by atoms with Gasteiger partial charge in [-0.05, 0) is 23.8 Å². The molecule has 0 radical (unpaired) electrons. The van der Waals surface area contributed by atoms with Gasteiger partial charge in [-0.1, -0.05) is 18.2 Å². The van der Waals surface area contributed by atoms with Gasteiger partial charge >= 0.3 is 23.9 Å². The zero-order valence-electron chi connectivity index (χ0n) is 22.5. The Bertz CT molecular complexity index is 1410. The molecule has 13 heteroatoms. The Hall–Kier alpha value is -4.81. The maximum Gasteiger partial charge on any atom is 0.338 e. The van der Waals surface area contributed by atoms with Gasteiger partial charge in [-0.25, -0.2) is 4.79 Å². The molecule has 6 atom stereocenters. The minimum atomic E-state index is -1.45. The number of amides is 1. The molecule has 0 bridgehead atoms. The first-order chi connectivity index (χ1) is 19.6. The van der Waals surface area contributed by atoms with Crippen molar-refractivity contribution in [2.24, 2.45) is 0 Å². The standard InChI is InChI=1S/C28H27NO12/c1-12(30)38-24-20-18(16-10-17-21(37-11-36-17)22(35-4)19(16)27(33)29-20)23(41-28(34)15-8-6-5-7-9-15)25(39-13(2)31)26(24)40-14(3)32/h5-10,18,20,23-26H,11H2,1-4H3,(H,29,33)/t18-,20-,23-,24+,25+,26+/m1/s1. The predicted octanol–water partition coefficient (Wildman–Crippen LogP) is 1.65. The number of fused-ring (bicyclic) bond motifs is 4. The second-order valence-electron chi connectivity index (χ2n) is 9.59. The van der Waals surface area contributed by atoms with Crippen molar-refractivity contribution >= 4 is 29.8 Å². The molecule has 2 heterocycles. The molecule has 1 fully saturated rings. The van der Waals surface area contributed by atoms with Crippen LogP contribution in [0.25, 0.3) is 0 Å². The van der Waals surface area contributed by atoms with Gasteiger partial charge in [0.1, 0.15) is 0 Å². The Kier molecular flexibility index (Phi) is 7.43. The number of methoxy groups -OCH3 is 1. The van der Waals surface area contributed by atoms with E-state index in [1.54, 1.807) is 24.3 Å². The van der Waals surface area contributed by atoms with Crippen LogP contribution in [0.2, 0.25) is 0 Å². The summed E-state index contributed by atoms with van der Waals surface area (Å²) in [5.74, 6) is -4.17. The SMILES string of the molecule is COc1c2c(cc3c1C(=O)N[C@H]1[C@H](OC(C)=O)[C@H](OC(C)=O)[C@@H](OC(C)=O)[C@H](OC(=O)c4ccccc4)[C@H]31)OCO2. The fourth-order valence-corrected chi connectivity index (χ4v) is 5.57. The van der Waals surface area contributed by atoms with Crippen LogP contribution in [-0.2, 0) is 33.3 Å². The number of carbonyl (C=O) groups excluding carboxylic acids is 5. The van der Waals surface area contributed by atoms with Crippen molar-refractivity contribution in [2.45, 2.75) is 57.1 Å². The molecule has 1 saturated carbocycles. The van der Waals surface area contributed by atoms with E-state index in [2.05, 4.69) is 5.32 Å². The zero-order valence-corrected chi connectivity index (χ0v) is 22.5. The molecule has 216 valence electrons. The van der Waals surface area contributed by atoms with Gasteiger partial charge in [0.15, 0.2) is 35.9 Å². The molecule has 1 amide bonds. The first-order valence-electron chi connectivity index (χ1n) is 12.7. The highest BCUT2D eigenvalue weighted by Gasteiger charge is 2.61. The van der Waals surface area contributed by atoms with E-state index in [1.807, 2.05) is 0 Å². The molecule has 0 aromatic heterocycles. The molecular weight excluding hydrogens is 542 g/mol. The van der Waals surface area contributed by atoms with Gasteiger partial charge in [0.05, 0.1) is 30.2 Å². The number of rotatable bonds is 6. The van der Waals surface area contributed by atoms with E-state index in [0.29, 0.717) is 5.56 Å². The van der Waals surface area contributed by atoms with Gasteiger partial charge in [-0.2, -0.15) is 0 Å². The number of hydrogen-bond acceptors (Lipinski definition) is 12. The second kappa shape index (κ2) is 11.0. The van der Waals surface area contributed by atoms with E-state index in [1.165, 1.54) is 19.2 Å². The third-order valence-corrected chi connectivity index (χ3v) is 6.96. The fourth-order valence-electron chi connectivity index (χ4n) is 5.57.